The fourth-order valence-electron chi connectivity index (χ4n) is 2.20. The predicted octanol–water partition coefficient (Wildman–Crippen LogP) is 1.35. The highest BCUT2D eigenvalue weighted by molar-refractivity contribution is 5.47. The van der Waals surface area contributed by atoms with E-state index in [9.17, 15) is 14.3 Å². The summed E-state index contributed by atoms with van der Waals surface area (Å²) in [5.41, 5.74) is 0.158. The number of benzene rings is 1. The fraction of sp³-hybridized carbons (Fsp3) is 0.462. The second-order valence-electron chi connectivity index (χ2n) is 4.67. The summed E-state index contributed by atoms with van der Waals surface area (Å²) in [6, 6.07) is 6.19. The molecule has 0 aliphatic carbocycles. The van der Waals surface area contributed by atoms with E-state index in [0.29, 0.717) is 32.4 Å². The molecule has 0 bridgehead atoms. The largest absolute Gasteiger partial charge is 0.389 e. The van der Waals surface area contributed by atoms with Gasteiger partial charge in [-0.25, -0.2) is 4.39 Å². The zero-order valence-electron chi connectivity index (χ0n) is 9.60. The molecule has 2 rings (SSSR count). The van der Waals surface area contributed by atoms with E-state index in [1.807, 2.05) is 0 Å². The number of nitrogens with zero attached hydrogens (tertiary/aromatic N) is 1. The summed E-state index contributed by atoms with van der Waals surface area (Å²) in [5.74, 6) is -0.267. The van der Waals surface area contributed by atoms with Crippen LogP contribution in [0.4, 0.5) is 4.39 Å². The van der Waals surface area contributed by atoms with E-state index in [4.69, 9.17) is 0 Å². The lowest BCUT2D eigenvalue weighted by molar-refractivity contribution is -0.122. The van der Waals surface area contributed by atoms with E-state index in [1.54, 1.807) is 17.0 Å². The van der Waals surface area contributed by atoms with Crippen molar-refractivity contribution in [3.63, 3.8) is 0 Å². The Balaban J connectivity index is 1.98. The highest BCUT2D eigenvalue weighted by Gasteiger charge is 2.31. The molecule has 1 fully saturated rings. The third-order valence-corrected chi connectivity index (χ3v) is 3.32. The average Bonchev–Trinajstić information content (AvgIpc) is 2.33. The second-order valence-corrected chi connectivity index (χ2v) is 4.67. The first-order valence-corrected chi connectivity index (χ1v) is 5.77. The molecule has 0 atom stereocenters. The van der Waals surface area contributed by atoms with Crippen LogP contribution in [0.2, 0.25) is 0 Å². The van der Waals surface area contributed by atoms with Crippen LogP contribution >= 0.6 is 0 Å². The van der Waals surface area contributed by atoms with Crippen molar-refractivity contribution in [1.29, 1.82) is 0 Å². The quantitative estimate of drug-likeness (QED) is 0.806. The van der Waals surface area contributed by atoms with Gasteiger partial charge in [0.15, 0.2) is 0 Å². The molecule has 1 amide bonds. The van der Waals surface area contributed by atoms with Gasteiger partial charge < -0.3 is 10.0 Å². The lowest BCUT2D eigenvalue weighted by Crippen LogP contribution is -2.45. The Kier molecular flexibility index (Phi) is 3.43. The molecule has 1 aromatic rings. The van der Waals surface area contributed by atoms with Crippen molar-refractivity contribution in [3.05, 3.63) is 35.6 Å². The molecule has 0 radical (unpaired) electrons. The zero-order valence-corrected chi connectivity index (χ0v) is 9.60. The zero-order chi connectivity index (χ0) is 12.3. The minimum atomic E-state index is -0.767. The van der Waals surface area contributed by atoms with E-state index in [0.717, 1.165) is 12.0 Å². The molecule has 1 N–H and O–H groups in total. The summed E-state index contributed by atoms with van der Waals surface area (Å²) in [6.07, 6.45) is 2.48. The van der Waals surface area contributed by atoms with Crippen LogP contribution in [0.1, 0.15) is 18.4 Å². The van der Waals surface area contributed by atoms with E-state index < -0.39 is 5.60 Å². The molecular formula is C13H16FNO2. The van der Waals surface area contributed by atoms with Crippen molar-refractivity contribution >= 4 is 6.41 Å². The lowest BCUT2D eigenvalue weighted by atomic mass is 9.85. The summed E-state index contributed by atoms with van der Waals surface area (Å²) in [7, 11) is 0. The number of halogens is 1. The Bertz CT molecular complexity index is 383. The van der Waals surface area contributed by atoms with Gasteiger partial charge in [0.1, 0.15) is 5.82 Å². The summed E-state index contributed by atoms with van der Waals surface area (Å²) in [4.78, 5) is 12.2. The Morgan fingerprint density at radius 2 is 1.88 bits per heavy atom. The molecular weight excluding hydrogens is 221 g/mol. The number of carbonyl (C=O) groups excluding carboxylic acids is 1. The van der Waals surface area contributed by atoms with Crippen molar-refractivity contribution in [1.82, 2.24) is 4.90 Å². The Labute approximate surface area is 99.9 Å². The summed E-state index contributed by atoms with van der Waals surface area (Å²) < 4.78 is 12.7. The molecule has 1 aliphatic rings. The molecule has 3 nitrogen and oxygen atoms in total. The topological polar surface area (TPSA) is 40.5 Å². The van der Waals surface area contributed by atoms with E-state index >= 15 is 0 Å². The number of likely N-dealkylation sites (tertiary alicyclic amines) is 1. The van der Waals surface area contributed by atoms with Crippen LogP contribution in [0, 0.1) is 5.82 Å². The molecule has 0 aromatic heterocycles. The maximum Gasteiger partial charge on any atom is 0.209 e. The lowest BCUT2D eigenvalue weighted by Gasteiger charge is -2.36. The molecule has 1 saturated heterocycles. The van der Waals surface area contributed by atoms with Gasteiger partial charge in [-0.15, -0.1) is 0 Å². The number of carbonyl (C=O) groups is 1. The van der Waals surface area contributed by atoms with Crippen LogP contribution in [-0.4, -0.2) is 35.1 Å². The Morgan fingerprint density at radius 1 is 1.29 bits per heavy atom. The molecule has 4 heteroatoms. The summed E-state index contributed by atoms with van der Waals surface area (Å²) in [5, 5.41) is 10.4. The highest BCUT2D eigenvalue weighted by Crippen LogP contribution is 2.25. The van der Waals surface area contributed by atoms with Crippen molar-refractivity contribution in [3.8, 4) is 0 Å². The van der Waals surface area contributed by atoms with Gasteiger partial charge in [-0.1, -0.05) is 12.1 Å². The van der Waals surface area contributed by atoms with Crippen LogP contribution in [0.3, 0.4) is 0 Å². The SMILES string of the molecule is O=CN1CCC(O)(Cc2ccc(F)cc2)CC1. The van der Waals surface area contributed by atoms with Crippen LogP contribution in [0.5, 0.6) is 0 Å². The Hall–Kier alpha value is -1.42. The summed E-state index contributed by atoms with van der Waals surface area (Å²) >= 11 is 0. The molecule has 92 valence electrons. The fourth-order valence-corrected chi connectivity index (χ4v) is 2.20. The molecule has 0 unspecified atom stereocenters. The van der Waals surface area contributed by atoms with Gasteiger partial charge in [-0.05, 0) is 30.5 Å². The first-order valence-electron chi connectivity index (χ1n) is 5.77. The number of hydrogen-bond donors (Lipinski definition) is 1. The van der Waals surface area contributed by atoms with Crippen molar-refractivity contribution in [2.45, 2.75) is 24.9 Å². The van der Waals surface area contributed by atoms with Gasteiger partial charge >= 0.3 is 0 Å². The Morgan fingerprint density at radius 3 is 2.41 bits per heavy atom. The normalized spacial score (nSPS) is 19.1. The maximum absolute atomic E-state index is 12.7. The van der Waals surface area contributed by atoms with E-state index in [-0.39, 0.29) is 5.82 Å². The number of aliphatic hydroxyl groups is 1. The standard InChI is InChI=1S/C13H16FNO2/c14-12-3-1-11(2-4-12)9-13(17)5-7-15(10-16)8-6-13/h1-4,10,17H,5-9H2. The minimum Gasteiger partial charge on any atom is -0.389 e. The van der Waals surface area contributed by atoms with E-state index in [2.05, 4.69) is 0 Å². The number of rotatable bonds is 3. The van der Waals surface area contributed by atoms with Crippen molar-refractivity contribution < 1.29 is 14.3 Å². The maximum atomic E-state index is 12.7. The first kappa shape index (κ1) is 12.0. The van der Waals surface area contributed by atoms with Crippen LogP contribution < -0.4 is 0 Å². The third kappa shape index (κ3) is 3.03. The number of amides is 1. The molecule has 0 spiro atoms. The van der Waals surface area contributed by atoms with Crippen LogP contribution in [0.15, 0.2) is 24.3 Å². The smallest absolute Gasteiger partial charge is 0.209 e. The van der Waals surface area contributed by atoms with Gasteiger partial charge in [0.2, 0.25) is 6.41 Å². The predicted molar refractivity (Wildman–Crippen MR) is 61.9 cm³/mol. The van der Waals surface area contributed by atoms with Crippen LogP contribution in [-0.2, 0) is 11.2 Å². The monoisotopic (exact) mass is 237 g/mol. The molecule has 1 heterocycles. The van der Waals surface area contributed by atoms with Gasteiger partial charge in [-0.3, -0.25) is 4.79 Å². The van der Waals surface area contributed by atoms with Crippen molar-refractivity contribution in [2.24, 2.45) is 0 Å². The van der Waals surface area contributed by atoms with Crippen molar-refractivity contribution in [2.75, 3.05) is 13.1 Å². The molecule has 1 aromatic carbocycles. The summed E-state index contributed by atoms with van der Waals surface area (Å²) in [6.45, 7) is 1.17. The van der Waals surface area contributed by atoms with Gasteiger partial charge in [-0.2, -0.15) is 0 Å². The second kappa shape index (κ2) is 4.84. The minimum absolute atomic E-state index is 0.267. The molecule has 17 heavy (non-hydrogen) atoms. The first-order chi connectivity index (χ1) is 8.11. The number of piperidine rings is 1. The average molecular weight is 237 g/mol. The van der Waals surface area contributed by atoms with Gasteiger partial charge in [0.05, 0.1) is 5.60 Å². The van der Waals surface area contributed by atoms with Gasteiger partial charge in [0, 0.05) is 19.5 Å². The third-order valence-electron chi connectivity index (χ3n) is 3.32. The number of hydrogen-bond acceptors (Lipinski definition) is 2. The highest BCUT2D eigenvalue weighted by atomic mass is 19.1. The van der Waals surface area contributed by atoms with Crippen LogP contribution in [0.25, 0.3) is 0 Å². The molecule has 0 saturated carbocycles. The van der Waals surface area contributed by atoms with E-state index in [1.165, 1.54) is 12.1 Å². The molecule has 1 aliphatic heterocycles. The van der Waals surface area contributed by atoms with Gasteiger partial charge in [0.25, 0.3) is 0 Å².